The van der Waals surface area contributed by atoms with Gasteiger partial charge in [-0.2, -0.15) is 0 Å². The Balaban J connectivity index is 1.86. The second-order valence-electron chi connectivity index (χ2n) is 7.82. The van der Waals surface area contributed by atoms with Crippen molar-refractivity contribution < 1.29 is 4.79 Å². The molecule has 0 aromatic heterocycles. The van der Waals surface area contributed by atoms with Crippen LogP contribution >= 0.6 is 0 Å². The van der Waals surface area contributed by atoms with Gasteiger partial charge >= 0.3 is 0 Å². The molecule has 0 unspecified atom stereocenters. The average molecular weight is 280 g/mol. The van der Waals surface area contributed by atoms with Gasteiger partial charge in [0.2, 0.25) is 5.91 Å². The van der Waals surface area contributed by atoms with Crippen LogP contribution in [0.4, 0.5) is 0 Å². The number of rotatable bonds is 5. The van der Waals surface area contributed by atoms with E-state index in [1.165, 1.54) is 25.7 Å². The summed E-state index contributed by atoms with van der Waals surface area (Å²) in [6.45, 7) is 8.55. The van der Waals surface area contributed by atoms with Gasteiger partial charge in [-0.3, -0.25) is 4.79 Å². The van der Waals surface area contributed by atoms with Crippen LogP contribution in [0, 0.1) is 17.3 Å². The van der Waals surface area contributed by atoms with E-state index in [-0.39, 0.29) is 5.92 Å². The average Bonchev–Trinajstić information content (AvgIpc) is 3.23. The highest BCUT2D eigenvalue weighted by atomic mass is 16.2. The molecule has 0 atom stereocenters. The first kappa shape index (κ1) is 15.8. The molecule has 0 aromatic rings. The molecule has 2 N–H and O–H groups in total. The highest BCUT2D eigenvalue weighted by Gasteiger charge is 2.38. The molecule has 0 spiro atoms. The number of amides is 1. The first-order valence-corrected chi connectivity index (χ1v) is 8.44. The first-order valence-electron chi connectivity index (χ1n) is 8.44. The van der Waals surface area contributed by atoms with Crippen molar-refractivity contribution >= 4 is 5.91 Å². The molecule has 1 amide bonds. The minimum Gasteiger partial charge on any atom is -0.339 e. The summed E-state index contributed by atoms with van der Waals surface area (Å²) in [7, 11) is 0. The zero-order chi connectivity index (χ0) is 14.8. The van der Waals surface area contributed by atoms with Crippen molar-refractivity contribution in [3.05, 3.63) is 0 Å². The monoisotopic (exact) mass is 280 g/mol. The van der Waals surface area contributed by atoms with Gasteiger partial charge in [-0.25, -0.2) is 0 Å². The summed E-state index contributed by atoms with van der Waals surface area (Å²) >= 11 is 0. The predicted octanol–water partition coefficient (Wildman–Crippen LogP) is 3.18. The van der Waals surface area contributed by atoms with Crippen LogP contribution in [0.3, 0.4) is 0 Å². The Morgan fingerprint density at radius 1 is 1.10 bits per heavy atom. The van der Waals surface area contributed by atoms with Crippen molar-refractivity contribution in [2.24, 2.45) is 23.0 Å². The third kappa shape index (κ3) is 3.97. The molecule has 0 heterocycles. The molecule has 116 valence electrons. The zero-order valence-corrected chi connectivity index (χ0v) is 13.5. The van der Waals surface area contributed by atoms with Gasteiger partial charge in [-0.1, -0.05) is 20.8 Å². The van der Waals surface area contributed by atoms with E-state index in [2.05, 4.69) is 25.7 Å². The van der Waals surface area contributed by atoms with Crippen LogP contribution in [0.2, 0.25) is 0 Å². The van der Waals surface area contributed by atoms with Crippen molar-refractivity contribution in [3.8, 4) is 0 Å². The molecule has 2 fully saturated rings. The van der Waals surface area contributed by atoms with Gasteiger partial charge in [0.1, 0.15) is 0 Å². The number of hydrogen-bond acceptors (Lipinski definition) is 2. The zero-order valence-electron chi connectivity index (χ0n) is 13.5. The van der Waals surface area contributed by atoms with Crippen molar-refractivity contribution in [1.29, 1.82) is 0 Å². The minimum atomic E-state index is 0.284. The SMILES string of the molecule is CC(C)(C)C1CCC(C(=O)N(CCCN)C2CC2)CC1. The second kappa shape index (κ2) is 6.46. The fourth-order valence-electron chi connectivity index (χ4n) is 3.56. The molecule has 20 heavy (non-hydrogen) atoms. The van der Waals surface area contributed by atoms with Crippen molar-refractivity contribution in [3.63, 3.8) is 0 Å². The Morgan fingerprint density at radius 3 is 2.15 bits per heavy atom. The maximum absolute atomic E-state index is 12.7. The van der Waals surface area contributed by atoms with Crippen LogP contribution < -0.4 is 5.73 Å². The minimum absolute atomic E-state index is 0.284. The van der Waals surface area contributed by atoms with E-state index in [1.807, 2.05) is 0 Å². The molecular formula is C17H32N2O. The van der Waals surface area contributed by atoms with Crippen LogP contribution in [0.5, 0.6) is 0 Å². The summed E-state index contributed by atoms with van der Waals surface area (Å²) in [6.07, 6.45) is 7.96. The summed E-state index contributed by atoms with van der Waals surface area (Å²) in [5, 5.41) is 0. The van der Waals surface area contributed by atoms with E-state index in [9.17, 15) is 4.79 Å². The maximum Gasteiger partial charge on any atom is 0.225 e. The van der Waals surface area contributed by atoms with Crippen LogP contribution in [-0.4, -0.2) is 29.9 Å². The number of hydrogen-bond donors (Lipinski definition) is 1. The summed E-state index contributed by atoms with van der Waals surface area (Å²) in [6, 6.07) is 0.536. The molecule has 2 aliphatic carbocycles. The molecule has 0 aliphatic heterocycles. The molecule has 0 bridgehead atoms. The van der Waals surface area contributed by atoms with E-state index in [4.69, 9.17) is 5.73 Å². The third-order valence-corrected chi connectivity index (χ3v) is 5.18. The molecule has 3 heteroatoms. The molecule has 0 aromatic carbocycles. The Labute approximate surface area is 124 Å². The van der Waals surface area contributed by atoms with Gasteiger partial charge in [0, 0.05) is 18.5 Å². The van der Waals surface area contributed by atoms with Crippen LogP contribution in [0.25, 0.3) is 0 Å². The van der Waals surface area contributed by atoms with Gasteiger partial charge in [-0.15, -0.1) is 0 Å². The lowest BCUT2D eigenvalue weighted by Gasteiger charge is -2.38. The van der Waals surface area contributed by atoms with Gasteiger partial charge in [0.15, 0.2) is 0 Å². The number of carbonyl (C=O) groups is 1. The third-order valence-electron chi connectivity index (χ3n) is 5.18. The normalized spacial score (nSPS) is 27.4. The van der Waals surface area contributed by atoms with Gasteiger partial charge in [0.05, 0.1) is 0 Å². The van der Waals surface area contributed by atoms with E-state index in [0.29, 0.717) is 23.9 Å². The largest absolute Gasteiger partial charge is 0.339 e. The Hall–Kier alpha value is -0.570. The molecule has 0 radical (unpaired) electrons. The maximum atomic E-state index is 12.7. The highest BCUT2D eigenvalue weighted by molar-refractivity contribution is 5.79. The Bertz CT molecular complexity index is 322. The standard InChI is InChI=1S/C17H32N2O/c1-17(2,3)14-7-5-13(6-8-14)16(20)19(12-4-11-18)15-9-10-15/h13-15H,4-12,18H2,1-3H3. The lowest BCUT2D eigenvalue weighted by Crippen LogP contribution is -2.41. The Kier molecular flexibility index (Phi) is 5.11. The van der Waals surface area contributed by atoms with Gasteiger partial charge in [-0.05, 0) is 62.8 Å². The van der Waals surface area contributed by atoms with E-state index in [1.54, 1.807) is 0 Å². The Morgan fingerprint density at radius 2 is 1.70 bits per heavy atom. The number of nitrogens with two attached hydrogens (primary N) is 1. The van der Waals surface area contributed by atoms with Crippen LogP contribution in [0.1, 0.15) is 65.7 Å². The summed E-state index contributed by atoms with van der Waals surface area (Å²) in [4.78, 5) is 14.9. The summed E-state index contributed by atoms with van der Waals surface area (Å²) in [5.41, 5.74) is 6.00. The molecule has 2 saturated carbocycles. The summed E-state index contributed by atoms with van der Waals surface area (Å²) in [5.74, 6) is 1.49. The summed E-state index contributed by atoms with van der Waals surface area (Å²) < 4.78 is 0. The molecular weight excluding hydrogens is 248 g/mol. The fourth-order valence-corrected chi connectivity index (χ4v) is 3.56. The topological polar surface area (TPSA) is 46.3 Å². The number of carbonyl (C=O) groups excluding carboxylic acids is 1. The van der Waals surface area contributed by atoms with Crippen LogP contribution in [0.15, 0.2) is 0 Å². The van der Waals surface area contributed by atoms with Crippen LogP contribution in [-0.2, 0) is 4.79 Å². The fraction of sp³-hybridized carbons (Fsp3) is 0.941. The van der Waals surface area contributed by atoms with E-state index >= 15 is 0 Å². The first-order chi connectivity index (χ1) is 9.43. The van der Waals surface area contributed by atoms with E-state index in [0.717, 1.165) is 31.7 Å². The van der Waals surface area contributed by atoms with Crippen molar-refractivity contribution in [1.82, 2.24) is 4.90 Å². The van der Waals surface area contributed by atoms with Crippen molar-refractivity contribution in [2.75, 3.05) is 13.1 Å². The lowest BCUT2D eigenvalue weighted by atomic mass is 9.69. The quantitative estimate of drug-likeness (QED) is 0.840. The van der Waals surface area contributed by atoms with Crippen molar-refractivity contribution in [2.45, 2.75) is 71.8 Å². The molecule has 2 aliphatic rings. The highest BCUT2D eigenvalue weighted by Crippen LogP contribution is 2.41. The predicted molar refractivity (Wildman–Crippen MR) is 83.3 cm³/mol. The molecule has 3 nitrogen and oxygen atoms in total. The lowest BCUT2D eigenvalue weighted by molar-refractivity contribution is -0.137. The van der Waals surface area contributed by atoms with E-state index < -0.39 is 0 Å². The smallest absolute Gasteiger partial charge is 0.225 e. The number of nitrogens with zero attached hydrogens (tertiary/aromatic N) is 1. The molecule has 0 saturated heterocycles. The van der Waals surface area contributed by atoms with Gasteiger partial charge in [0.25, 0.3) is 0 Å². The second-order valence-corrected chi connectivity index (χ2v) is 7.82. The van der Waals surface area contributed by atoms with Gasteiger partial charge < -0.3 is 10.6 Å². The molecule has 2 rings (SSSR count).